The summed E-state index contributed by atoms with van der Waals surface area (Å²) in [4.78, 5) is 48.8. The summed E-state index contributed by atoms with van der Waals surface area (Å²) in [5, 5.41) is 5.37. The molecule has 1 atom stereocenters. The van der Waals surface area contributed by atoms with Gasteiger partial charge in [0.25, 0.3) is 5.91 Å². The first kappa shape index (κ1) is 25.4. The van der Waals surface area contributed by atoms with Crippen molar-refractivity contribution < 1.29 is 23.9 Å². The normalized spacial score (nSPS) is 11.5. The highest BCUT2D eigenvalue weighted by Crippen LogP contribution is 2.21. The van der Waals surface area contributed by atoms with Gasteiger partial charge in [0.15, 0.2) is 0 Å². The molecule has 4 rings (SSSR count). The Balaban J connectivity index is 1.30. The van der Waals surface area contributed by atoms with Crippen LogP contribution in [0.5, 0.6) is 0 Å². The Labute approximate surface area is 213 Å². The molecule has 190 valence electrons. The summed E-state index contributed by atoms with van der Waals surface area (Å²) in [6.07, 6.45) is 3.50. The Morgan fingerprint density at radius 1 is 1.03 bits per heavy atom. The number of hydrogen-bond acceptors (Lipinski definition) is 7. The topological polar surface area (TPSA) is 135 Å². The summed E-state index contributed by atoms with van der Waals surface area (Å²) in [5.74, 6) is -0.327. The van der Waals surface area contributed by atoms with E-state index in [1.165, 1.54) is 7.11 Å². The van der Waals surface area contributed by atoms with E-state index in [-0.39, 0.29) is 19.6 Å². The third kappa shape index (κ3) is 6.91. The van der Waals surface area contributed by atoms with Crippen molar-refractivity contribution in [2.45, 2.75) is 25.5 Å². The molecular weight excluding hydrogens is 474 g/mol. The van der Waals surface area contributed by atoms with Crippen LogP contribution in [0.4, 0.5) is 4.79 Å². The average molecular weight is 502 g/mol. The van der Waals surface area contributed by atoms with E-state index >= 15 is 0 Å². The summed E-state index contributed by atoms with van der Waals surface area (Å²) in [5.41, 5.74) is 3.52. The number of ether oxygens (including phenoxy) is 2. The molecule has 2 heterocycles. The highest BCUT2D eigenvalue weighted by molar-refractivity contribution is 5.99. The fraction of sp³-hybridized carbons (Fsp3) is 0.222. The molecule has 0 aliphatic heterocycles. The van der Waals surface area contributed by atoms with Gasteiger partial charge in [0.05, 0.1) is 18.1 Å². The van der Waals surface area contributed by atoms with Gasteiger partial charge < -0.3 is 25.1 Å². The number of benzene rings is 2. The molecule has 0 aliphatic rings. The molecule has 3 N–H and O–H groups in total. The number of pyridine rings is 1. The Morgan fingerprint density at radius 3 is 2.57 bits per heavy atom. The van der Waals surface area contributed by atoms with Gasteiger partial charge in [0.2, 0.25) is 0 Å². The van der Waals surface area contributed by atoms with E-state index in [1.54, 1.807) is 30.6 Å². The van der Waals surface area contributed by atoms with Crippen molar-refractivity contribution in [2.24, 2.45) is 0 Å². The van der Waals surface area contributed by atoms with E-state index in [1.807, 2.05) is 42.5 Å². The zero-order valence-electron chi connectivity index (χ0n) is 20.3. The van der Waals surface area contributed by atoms with Crippen molar-refractivity contribution in [3.8, 4) is 11.4 Å². The van der Waals surface area contributed by atoms with Crippen LogP contribution in [0.1, 0.15) is 28.8 Å². The Bertz CT molecular complexity index is 1360. The van der Waals surface area contributed by atoms with Crippen LogP contribution in [-0.2, 0) is 20.9 Å². The molecule has 0 fully saturated rings. The number of rotatable bonds is 10. The number of carbonyl (C=O) groups is 3. The smallest absolute Gasteiger partial charge is 0.407 e. The lowest BCUT2D eigenvalue weighted by atomic mass is 10.1. The van der Waals surface area contributed by atoms with Gasteiger partial charge in [-0.3, -0.25) is 9.78 Å². The van der Waals surface area contributed by atoms with Crippen LogP contribution in [-0.4, -0.2) is 52.6 Å². The number of nitrogens with zero attached hydrogens (tertiary/aromatic N) is 2. The number of aromatic amines is 1. The van der Waals surface area contributed by atoms with Gasteiger partial charge in [0, 0.05) is 30.1 Å². The number of H-pyrrole nitrogens is 1. The van der Waals surface area contributed by atoms with Gasteiger partial charge in [-0.15, -0.1) is 0 Å². The molecule has 0 spiro atoms. The van der Waals surface area contributed by atoms with E-state index in [2.05, 4.69) is 25.6 Å². The van der Waals surface area contributed by atoms with E-state index in [0.29, 0.717) is 28.8 Å². The predicted octanol–water partition coefficient (Wildman–Crippen LogP) is 3.60. The second-order valence-electron chi connectivity index (χ2n) is 8.23. The monoisotopic (exact) mass is 501 g/mol. The third-order valence-electron chi connectivity index (χ3n) is 5.64. The van der Waals surface area contributed by atoms with Crippen LogP contribution in [0.15, 0.2) is 73.1 Å². The number of imidazole rings is 1. The molecule has 0 saturated heterocycles. The molecule has 4 aromatic rings. The van der Waals surface area contributed by atoms with Crippen LogP contribution in [0.2, 0.25) is 0 Å². The number of aromatic nitrogens is 3. The second-order valence-corrected chi connectivity index (χ2v) is 8.23. The number of alkyl carbamates (subject to hydrolysis) is 1. The lowest BCUT2D eigenvalue weighted by Crippen LogP contribution is -2.42. The number of amides is 2. The largest absolute Gasteiger partial charge is 0.467 e. The molecule has 2 aromatic carbocycles. The lowest BCUT2D eigenvalue weighted by Gasteiger charge is -2.16. The molecule has 1 unspecified atom stereocenters. The minimum absolute atomic E-state index is 0.165. The summed E-state index contributed by atoms with van der Waals surface area (Å²) >= 11 is 0. The maximum atomic E-state index is 12.9. The average Bonchev–Trinajstić information content (AvgIpc) is 3.37. The summed E-state index contributed by atoms with van der Waals surface area (Å²) < 4.78 is 10.0. The molecule has 0 aliphatic carbocycles. The minimum Gasteiger partial charge on any atom is -0.467 e. The van der Waals surface area contributed by atoms with Crippen molar-refractivity contribution in [1.82, 2.24) is 25.6 Å². The van der Waals surface area contributed by atoms with Gasteiger partial charge >= 0.3 is 12.1 Å². The molecule has 0 bridgehead atoms. The van der Waals surface area contributed by atoms with E-state index in [0.717, 1.165) is 11.1 Å². The van der Waals surface area contributed by atoms with Crippen molar-refractivity contribution in [2.75, 3.05) is 13.7 Å². The summed E-state index contributed by atoms with van der Waals surface area (Å²) in [7, 11) is 1.26. The van der Waals surface area contributed by atoms with E-state index in [4.69, 9.17) is 9.47 Å². The van der Waals surface area contributed by atoms with Gasteiger partial charge in [-0.05, 0) is 48.7 Å². The predicted molar refractivity (Wildman–Crippen MR) is 136 cm³/mol. The molecule has 2 aromatic heterocycles. The first-order valence-corrected chi connectivity index (χ1v) is 11.8. The number of esters is 1. The number of carbonyl (C=O) groups excluding carboxylic acids is 3. The van der Waals surface area contributed by atoms with Gasteiger partial charge in [-0.1, -0.05) is 30.3 Å². The summed E-state index contributed by atoms with van der Waals surface area (Å²) in [6, 6.07) is 17.2. The number of methoxy groups -OCH3 is 1. The maximum absolute atomic E-state index is 12.9. The maximum Gasteiger partial charge on any atom is 0.407 e. The Kier molecular flexibility index (Phi) is 8.43. The molecule has 10 nitrogen and oxygen atoms in total. The fourth-order valence-electron chi connectivity index (χ4n) is 3.70. The molecule has 37 heavy (non-hydrogen) atoms. The molecule has 10 heteroatoms. The molecule has 0 radical (unpaired) electrons. The number of fused-ring (bicyclic) bond motifs is 1. The van der Waals surface area contributed by atoms with Gasteiger partial charge in [-0.2, -0.15) is 0 Å². The van der Waals surface area contributed by atoms with E-state index < -0.39 is 24.0 Å². The van der Waals surface area contributed by atoms with Crippen molar-refractivity contribution in [1.29, 1.82) is 0 Å². The van der Waals surface area contributed by atoms with Crippen LogP contribution in [0.3, 0.4) is 0 Å². The zero-order valence-corrected chi connectivity index (χ0v) is 20.3. The second kappa shape index (κ2) is 12.3. The quantitative estimate of drug-likeness (QED) is 0.223. The highest BCUT2D eigenvalue weighted by Gasteiger charge is 2.22. The summed E-state index contributed by atoms with van der Waals surface area (Å²) in [6.45, 7) is 0.438. The Hall–Kier alpha value is -4.73. The third-order valence-corrected chi connectivity index (χ3v) is 5.64. The van der Waals surface area contributed by atoms with Gasteiger partial charge in [-0.25, -0.2) is 14.6 Å². The van der Waals surface area contributed by atoms with Crippen LogP contribution >= 0.6 is 0 Å². The fourth-order valence-corrected chi connectivity index (χ4v) is 3.70. The lowest BCUT2D eigenvalue weighted by molar-refractivity contribution is -0.143. The van der Waals surface area contributed by atoms with Gasteiger partial charge in [0.1, 0.15) is 18.5 Å². The number of hydrogen-bond donors (Lipinski definition) is 3. The SMILES string of the molecule is COC(=O)C(CCCNC(=O)OCc1ccccc1)NC(=O)c1ccc2nc(-c3ccncc3)[nH]c2c1. The van der Waals surface area contributed by atoms with Crippen molar-refractivity contribution in [3.63, 3.8) is 0 Å². The minimum atomic E-state index is -0.871. The molecular formula is C27H27N5O5. The highest BCUT2D eigenvalue weighted by atomic mass is 16.5. The zero-order chi connectivity index (χ0) is 26.0. The van der Waals surface area contributed by atoms with Crippen molar-refractivity contribution >= 4 is 29.0 Å². The van der Waals surface area contributed by atoms with Crippen LogP contribution in [0.25, 0.3) is 22.4 Å². The van der Waals surface area contributed by atoms with E-state index in [9.17, 15) is 14.4 Å². The molecule has 0 saturated carbocycles. The van der Waals surface area contributed by atoms with Crippen molar-refractivity contribution in [3.05, 3.63) is 84.2 Å². The molecule has 2 amide bonds. The number of nitrogens with one attached hydrogen (secondary N) is 3. The standard InChI is InChI=1S/C27H27N5O5/c1-36-26(34)22(8-5-13-29-27(35)37-17-18-6-3-2-4-7-18)32-25(33)20-9-10-21-23(16-20)31-24(30-21)19-11-14-28-15-12-19/h2-4,6-7,9-12,14-16,22H,5,8,13,17H2,1H3,(H,29,35)(H,30,31)(H,32,33). The Morgan fingerprint density at radius 2 is 1.81 bits per heavy atom. The van der Waals surface area contributed by atoms with Crippen LogP contribution < -0.4 is 10.6 Å². The first-order valence-electron chi connectivity index (χ1n) is 11.8. The first-order chi connectivity index (χ1) is 18.0. The van der Waals surface area contributed by atoms with Crippen LogP contribution in [0, 0.1) is 0 Å².